The normalized spacial score (nSPS) is 34.2. The van der Waals surface area contributed by atoms with Crippen molar-refractivity contribution in [3.63, 3.8) is 0 Å². The quantitative estimate of drug-likeness (QED) is 0.163. The van der Waals surface area contributed by atoms with E-state index in [2.05, 4.69) is 29.8 Å². The van der Waals surface area contributed by atoms with E-state index >= 15 is 0 Å². The highest BCUT2D eigenvalue weighted by molar-refractivity contribution is 9.09. The summed E-state index contributed by atoms with van der Waals surface area (Å²) in [6.07, 6.45) is 19.3. The fourth-order valence-corrected chi connectivity index (χ4v) is 9.41. The highest BCUT2D eigenvalue weighted by Gasteiger charge is 2.60. The van der Waals surface area contributed by atoms with Crippen LogP contribution in [-0.2, 0) is 14.3 Å². The highest BCUT2D eigenvalue weighted by Crippen LogP contribution is 2.67. The molecule has 6 heteroatoms. The lowest BCUT2D eigenvalue weighted by Crippen LogP contribution is -2.51. The molecule has 3 fully saturated rings. The predicted molar refractivity (Wildman–Crippen MR) is 165 cm³/mol. The van der Waals surface area contributed by atoms with Gasteiger partial charge in [-0.05, 0) is 111 Å². The maximum Gasteiger partial charge on any atom is 0.306 e. The van der Waals surface area contributed by atoms with Crippen molar-refractivity contribution in [2.75, 3.05) is 24.4 Å². The topological polar surface area (TPSA) is 63.6 Å². The third kappa shape index (κ3) is 8.13. The van der Waals surface area contributed by atoms with Crippen molar-refractivity contribution >= 4 is 39.3 Å². The minimum atomic E-state index is -0.624. The van der Waals surface area contributed by atoms with Crippen LogP contribution in [-0.4, -0.2) is 41.3 Å². The van der Waals surface area contributed by atoms with Gasteiger partial charge >= 0.3 is 5.97 Å². The van der Waals surface area contributed by atoms with Crippen LogP contribution in [0.15, 0.2) is 11.6 Å². The van der Waals surface area contributed by atoms with Gasteiger partial charge in [0, 0.05) is 30.8 Å². The lowest BCUT2D eigenvalue weighted by Gasteiger charge is -2.58. The van der Waals surface area contributed by atoms with Gasteiger partial charge in [-0.25, -0.2) is 0 Å². The molecule has 4 aliphatic carbocycles. The molecule has 4 rings (SSSR count). The second-order valence-corrected chi connectivity index (χ2v) is 14.5. The fraction of sp³-hybridized carbons (Fsp3) is 0.879. The number of ether oxygens (including phenoxy) is 1. The largest absolute Gasteiger partial charge is 0.481 e. The molecule has 4 nitrogen and oxygen atoms in total. The monoisotopic (exact) mass is 628 g/mol. The van der Waals surface area contributed by atoms with E-state index in [1.165, 1.54) is 56.9 Å². The summed E-state index contributed by atoms with van der Waals surface area (Å²) in [6.45, 7) is 8.54. The van der Waals surface area contributed by atoms with Crippen LogP contribution >= 0.6 is 27.5 Å². The van der Waals surface area contributed by atoms with E-state index in [1.54, 1.807) is 0 Å². The van der Waals surface area contributed by atoms with Crippen molar-refractivity contribution in [3.8, 4) is 0 Å². The molecule has 0 aliphatic heterocycles. The van der Waals surface area contributed by atoms with Crippen molar-refractivity contribution in [1.29, 1.82) is 0 Å². The Bertz CT molecular complexity index is 819. The van der Waals surface area contributed by atoms with Gasteiger partial charge in [-0.15, -0.1) is 11.6 Å². The fourth-order valence-electron chi connectivity index (χ4n) is 8.82. The van der Waals surface area contributed by atoms with Crippen LogP contribution in [0, 0.1) is 40.4 Å². The Kier molecular flexibility index (Phi) is 13.4. The van der Waals surface area contributed by atoms with Gasteiger partial charge < -0.3 is 9.84 Å². The lowest BCUT2D eigenvalue weighted by molar-refractivity contribution is -0.146. The van der Waals surface area contributed by atoms with Gasteiger partial charge in [0.2, 0.25) is 0 Å². The summed E-state index contributed by atoms with van der Waals surface area (Å²) in [6, 6.07) is 0. The standard InChI is InChI=1S/C22H32O3.C11H22BrClO/c1-13(20(24)25)17-6-7-18-16-5-4-14-12-15(23)8-10-21(14,2)19(16)9-11-22(17,18)3;12-8-4-2-1-3-6-10-14-11-7-5-9-13/h12-13,16-19H,4-11H2,1-3H3,(H,24,25);1-11H2/t13?,16?,17-,18?,19?,21+,22-;/m1./s1. The van der Waals surface area contributed by atoms with Gasteiger partial charge in [0.15, 0.2) is 5.78 Å². The van der Waals surface area contributed by atoms with E-state index in [9.17, 15) is 14.7 Å². The van der Waals surface area contributed by atoms with Crippen molar-refractivity contribution in [1.82, 2.24) is 0 Å². The van der Waals surface area contributed by atoms with Crippen LogP contribution in [0.3, 0.4) is 0 Å². The van der Waals surface area contributed by atoms with Crippen molar-refractivity contribution in [2.24, 2.45) is 40.4 Å². The minimum absolute atomic E-state index is 0.195. The number of carboxylic acids is 1. The number of alkyl halides is 2. The maximum atomic E-state index is 11.9. The van der Waals surface area contributed by atoms with Crippen LogP contribution in [0.4, 0.5) is 0 Å². The molecule has 0 aromatic rings. The summed E-state index contributed by atoms with van der Waals surface area (Å²) in [5.74, 6) is 2.65. The van der Waals surface area contributed by atoms with E-state index in [4.69, 9.17) is 16.3 Å². The van der Waals surface area contributed by atoms with Crippen LogP contribution in [0.2, 0.25) is 0 Å². The highest BCUT2D eigenvalue weighted by atomic mass is 79.9. The van der Waals surface area contributed by atoms with Gasteiger partial charge in [0.25, 0.3) is 0 Å². The Morgan fingerprint density at radius 2 is 1.69 bits per heavy atom. The summed E-state index contributed by atoms with van der Waals surface area (Å²) in [4.78, 5) is 23.5. The number of ketones is 1. The Balaban J connectivity index is 0.000000258. The second kappa shape index (κ2) is 15.7. The van der Waals surface area contributed by atoms with Gasteiger partial charge in [0.1, 0.15) is 0 Å². The molecular formula is C33H54BrClO4. The Morgan fingerprint density at radius 1 is 1.00 bits per heavy atom. The first-order valence-electron chi connectivity index (χ1n) is 15.9. The molecular weight excluding hydrogens is 576 g/mol. The smallest absolute Gasteiger partial charge is 0.306 e. The number of unbranched alkanes of at least 4 members (excludes halogenated alkanes) is 5. The van der Waals surface area contributed by atoms with Crippen LogP contribution in [0.1, 0.15) is 117 Å². The molecule has 0 bridgehead atoms. The first-order valence-corrected chi connectivity index (χ1v) is 17.5. The summed E-state index contributed by atoms with van der Waals surface area (Å²) in [5, 5.41) is 10.7. The molecule has 0 aromatic heterocycles. The van der Waals surface area contributed by atoms with E-state index in [-0.39, 0.29) is 16.7 Å². The molecule has 0 heterocycles. The number of aliphatic carboxylic acids is 1. The van der Waals surface area contributed by atoms with Crippen molar-refractivity contribution in [2.45, 2.75) is 117 Å². The SMILES string of the molecule is CC(C(=O)O)[C@H]1CCC2C3CCC4=CC(=O)CC[C@]4(C)C3CC[C@@]21C.ClCCCCOCCCCCCCBr. The van der Waals surface area contributed by atoms with Crippen molar-refractivity contribution in [3.05, 3.63) is 11.6 Å². The number of hydrogen-bond donors (Lipinski definition) is 1. The van der Waals surface area contributed by atoms with Gasteiger partial charge in [-0.1, -0.05) is 61.5 Å². The zero-order chi connectivity index (χ0) is 28.5. The molecule has 0 amide bonds. The molecule has 0 aromatic carbocycles. The zero-order valence-corrected chi connectivity index (χ0v) is 27.2. The van der Waals surface area contributed by atoms with Gasteiger partial charge in [-0.3, -0.25) is 9.59 Å². The summed E-state index contributed by atoms with van der Waals surface area (Å²) >= 11 is 8.99. The van der Waals surface area contributed by atoms with E-state index in [0.29, 0.717) is 30.0 Å². The second-order valence-electron chi connectivity index (χ2n) is 13.3. The number of carbonyl (C=O) groups excluding carboxylic acids is 1. The Morgan fingerprint density at radius 3 is 2.38 bits per heavy atom. The van der Waals surface area contributed by atoms with Gasteiger partial charge in [0.05, 0.1) is 5.92 Å². The number of allylic oxidation sites excluding steroid dienone is 1. The van der Waals surface area contributed by atoms with Gasteiger partial charge in [-0.2, -0.15) is 0 Å². The molecule has 1 N–H and O–H groups in total. The van der Waals surface area contributed by atoms with Crippen molar-refractivity contribution < 1.29 is 19.4 Å². The maximum absolute atomic E-state index is 11.9. The number of halogens is 2. The van der Waals surface area contributed by atoms with Crippen LogP contribution in [0.25, 0.3) is 0 Å². The number of rotatable bonds is 13. The number of fused-ring (bicyclic) bond motifs is 5. The molecule has 4 aliphatic rings. The van der Waals surface area contributed by atoms with E-state index in [0.717, 1.165) is 68.9 Å². The van der Waals surface area contributed by atoms with E-state index < -0.39 is 5.97 Å². The van der Waals surface area contributed by atoms with E-state index in [1.807, 2.05) is 13.0 Å². The average molecular weight is 630 g/mol. The molecule has 0 saturated heterocycles. The zero-order valence-electron chi connectivity index (χ0n) is 24.8. The Labute approximate surface area is 251 Å². The number of carboxylic acid groups (broad SMARTS) is 1. The number of carbonyl (C=O) groups is 2. The average Bonchev–Trinajstić information content (AvgIpc) is 3.27. The molecule has 224 valence electrons. The summed E-state index contributed by atoms with van der Waals surface area (Å²) in [7, 11) is 0. The first kappa shape index (κ1) is 33.1. The molecule has 0 spiro atoms. The molecule has 7 atom stereocenters. The van der Waals surface area contributed by atoms with Crippen LogP contribution in [0.5, 0.6) is 0 Å². The Hall–Kier alpha value is -0.390. The molecule has 3 saturated carbocycles. The molecule has 39 heavy (non-hydrogen) atoms. The number of hydrogen-bond acceptors (Lipinski definition) is 3. The summed E-state index contributed by atoms with van der Waals surface area (Å²) < 4.78 is 5.47. The molecule has 0 radical (unpaired) electrons. The first-order chi connectivity index (χ1) is 18.7. The predicted octanol–water partition coefficient (Wildman–Crippen LogP) is 9.22. The minimum Gasteiger partial charge on any atom is -0.481 e. The third-order valence-corrected chi connectivity index (χ3v) is 12.0. The van der Waals surface area contributed by atoms with Crippen LogP contribution < -0.4 is 0 Å². The lowest BCUT2D eigenvalue weighted by atomic mass is 9.46. The third-order valence-electron chi connectivity index (χ3n) is 11.1. The summed E-state index contributed by atoms with van der Waals surface area (Å²) in [5.41, 5.74) is 1.83. The molecule has 4 unspecified atom stereocenters.